The van der Waals surface area contributed by atoms with E-state index < -0.39 is 0 Å². The molecule has 2 aromatic heterocycles. The van der Waals surface area contributed by atoms with Crippen LogP contribution in [0.4, 0.5) is 5.69 Å². The van der Waals surface area contributed by atoms with Gasteiger partial charge in [0, 0.05) is 15.6 Å². The first-order chi connectivity index (χ1) is 14.2. The number of halogens is 1. The molecule has 5 rings (SSSR count). The van der Waals surface area contributed by atoms with Gasteiger partial charge >= 0.3 is 0 Å². The number of furan rings is 1. The Hall–Kier alpha value is -3.44. The van der Waals surface area contributed by atoms with Crippen LogP contribution in [0.3, 0.4) is 0 Å². The van der Waals surface area contributed by atoms with Crippen LogP contribution in [0, 0.1) is 0 Å². The van der Waals surface area contributed by atoms with Crippen LogP contribution >= 0.6 is 15.9 Å². The van der Waals surface area contributed by atoms with E-state index in [1.54, 1.807) is 6.21 Å². The number of aromatic nitrogens is 1. The van der Waals surface area contributed by atoms with E-state index in [2.05, 4.69) is 25.9 Å². The smallest absolute Gasteiger partial charge is 0.227 e. The summed E-state index contributed by atoms with van der Waals surface area (Å²) in [7, 11) is 0. The van der Waals surface area contributed by atoms with Crippen molar-refractivity contribution in [3.05, 3.63) is 95.2 Å². The maximum Gasteiger partial charge on any atom is 0.227 e. The Bertz CT molecular complexity index is 1300. The van der Waals surface area contributed by atoms with E-state index in [1.165, 1.54) is 0 Å². The van der Waals surface area contributed by atoms with Gasteiger partial charge in [-0.2, -0.15) is 0 Å². The van der Waals surface area contributed by atoms with Crippen molar-refractivity contribution in [3.8, 4) is 22.8 Å². The predicted octanol–water partition coefficient (Wildman–Crippen LogP) is 7.27. The van der Waals surface area contributed by atoms with Crippen LogP contribution in [-0.4, -0.2) is 11.2 Å². The molecule has 0 radical (unpaired) electrons. The van der Waals surface area contributed by atoms with E-state index in [0.717, 1.165) is 38.1 Å². The summed E-state index contributed by atoms with van der Waals surface area (Å²) in [6.45, 7) is 0. The predicted molar refractivity (Wildman–Crippen MR) is 119 cm³/mol. The van der Waals surface area contributed by atoms with Crippen molar-refractivity contribution in [1.29, 1.82) is 0 Å². The van der Waals surface area contributed by atoms with Gasteiger partial charge in [-0.1, -0.05) is 46.3 Å². The van der Waals surface area contributed by atoms with Crippen molar-refractivity contribution in [1.82, 2.24) is 4.98 Å². The van der Waals surface area contributed by atoms with Crippen LogP contribution < -0.4 is 0 Å². The van der Waals surface area contributed by atoms with Gasteiger partial charge in [-0.15, -0.1) is 0 Å². The van der Waals surface area contributed by atoms with Gasteiger partial charge in [0.2, 0.25) is 5.89 Å². The first-order valence-corrected chi connectivity index (χ1v) is 9.90. The summed E-state index contributed by atoms with van der Waals surface area (Å²) >= 11 is 3.44. The number of aliphatic imine (C=N–C) groups is 1. The number of hydrogen-bond acceptors (Lipinski definition) is 4. The third-order valence-corrected chi connectivity index (χ3v) is 5.02. The number of hydrogen-bond donors (Lipinski definition) is 0. The van der Waals surface area contributed by atoms with Crippen molar-refractivity contribution in [3.63, 3.8) is 0 Å². The molecule has 0 N–H and O–H groups in total. The molecule has 0 amide bonds. The van der Waals surface area contributed by atoms with Gasteiger partial charge < -0.3 is 8.83 Å². The number of oxazole rings is 1. The van der Waals surface area contributed by atoms with Crippen LogP contribution in [0.2, 0.25) is 0 Å². The molecule has 0 saturated carbocycles. The molecule has 0 atom stereocenters. The van der Waals surface area contributed by atoms with Gasteiger partial charge in [0.15, 0.2) is 5.58 Å². The number of fused-ring (bicyclic) bond motifs is 1. The highest BCUT2D eigenvalue weighted by Gasteiger charge is 2.08. The van der Waals surface area contributed by atoms with Crippen molar-refractivity contribution < 1.29 is 8.83 Å². The van der Waals surface area contributed by atoms with Gasteiger partial charge in [0.05, 0.1) is 11.9 Å². The highest BCUT2D eigenvalue weighted by molar-refractivity contribution is 9.10. The summed E-state index contributed by atoms with van der Waals surface area (Å²) in [5.41, 5.74) is 4.26. The molecule has 0 fully saturated rings. The normalized spacial score (nSPS) is 11.5. The van der Waals surface area contributed by atoms with E-state index >= 15 is 0 Å². The fourth-order valence-electron chi connectivity index (χ4n) is 3.03. The molecule has 3 aromatic carbocycles. The SMILES string of the molecule is Brc1ccc(-c2ccc(C=Nc3ccc4oc(-c5ccccc5)nc4c3)o2)cc1. The quantitative estimate of drug-likeness (QED) is 0.275. The molecule has 5 aromatic rings. The van der Waals surface area contributed by atoms with Crippen LogP contribution in [-0.2, 0) is 0 Å². The molecule has 4 nitrogen and oxygen atoms in total. The number of benzene rings is 3. The van der Waals surface area contributed by atoms with Crippen molar-refractivity contribution in [2.24, 2.45) is 4.99 Å². The van der Waals surface area contributed by atoms with Gasteiger partial charge in [0.1, 0.15) is 17.0 Å². The average Bonchev–Trinajstić information content (AvgIpc) is 3.40. The third-order valence-electron chi connectivity index (χ3n) is 4.49. The van der Waals surface area contributed by atoms with Crippen LogP contribution in [0.15, 0.2) is 103 Å². The van der Waals surface area contributed by atoms with Crippen molar-refractivity contribution >= 4 is 38.9 Å². The molecule has 140 valence electrons. The molecule has 2 heterocycles. The third kappa shape index (κ3) is 3.77. The lowest BCUT2D eigenvalue weighted by atomic mass is 10.2. The fourth-order valence-corrected chi connectivity index (χ4v) is 3.29. The second-order valence-corrected chi connectivity index (χ2v) is 7.42. The van der Waals surface area contributed by atoms with Gasteiger partial charge in [0.25, 0.3) is 0 Å². The molecule has 0 aliphatic carbocycles. The molecule has 0 spiro atoms. The maximum atomic E-state index is 5.88. The Kier molecular flexibility index (Phi) is 4.58. The van der Waals surface area contributed by atoms with E-state index in [1.807, 2.05) is 84.9 Å². The molecular weight excluding hydrogens is 428 g/mol. The minimum absolute atomic E-state index is 0.604. The monoisotopic (exact) mass is 442 g/mol. The van der Waals surface area contributed by atoms with Gasteiger partial charge in [-0.25, -0.2) is 4.98 Å². The minimum atomic E-state index is 0.604. The zero-order chi connectivity index (χ0) is 19.6. The van der Waals surface area contributed by atoms with Crippen LogP contribution in [0.5, 0.6) is 0 Å². The van der Waals surface area contributed by atoms with E-state index in [0.29, 0.717) is 11.7 Å². The Morgan fingerprint density at radius 2 is 1.62 bits per heavy atom. The Labute approximate surface area is 175 Å². The summed E-state index contributed by atoms with van der Waals surface area (Å²) in [6, 6.07) is 27.4. The highest BCUT2D eigenvalue weighted by Crippen LogP contribution is 2.27. The van der Waals surface area contributed by atoms with Crippen molar-refractivity contribution in [2.75, 3.05) is 0 Å². The average molecular weight is 443 g/mol. The second kappa shape index (κ2) is 7.53. The van der Waals surface area contributed by atoms with E-state index in [4.69, 9.17) is 8.83 Å². The summed E-state index contributed by atoms with van der Waals surface area (Å²) in [6.07, 6.45) is 1.71. The summed E-state index contributed by atoms with van der Waals surface area (Å²) in [4.78, 5) is 9.10. The Morgan fingerprint density at radius 3 is 2.45 bits per heavy atom. The maximum absolute atomic E-state index is 5.88. The lowest BCUT2D eigenvalue weighted by Gasteiger charge is -1.96. The zero-order valence-electron chi connectivity index (χ0n) is 15.2. The summed E-state index contributed by atoms with van der Waals surface area (Å²) in [5, 5.41) is 0. The van der Waals surface area contributed by atoms with Crippen LogP contribution in [0.25, 0.3) is 33.9 Å². The van der Waals surface area contributed by atoms with Crippen LogP contribution in [0.1, 0.15) is 5.76 Å². The molecule has 0 saturated heterocycles. The summed E-state index contributed by atoms with van der Waals surface area (Å²) < 4.78 is 12.8. The molecule has 29 heavy (non-hydrogen) atoms. The largest absolute Gasteiger partial charge is 0.455 e. The minimum Gasteiger partial charge on any atom is -0.455 e. The Morgan fingerprint density at radius 1 is 0.793 bits per heavy atom. The molecule has 0 bridgehead atoms. The lowest BCUT2D eigenvalue weighted by Crippen LogP contribution is -1.76. The first kappa shape index (κ1) is 17.6. The molecular formula is C24H15BrN2O2. The zero-order valence-corrected chi connectivity index (χ0v) is 16.8. The fraction of sp³-hybridized carbons (Fsp3) is 0. The van der Waals surface area contributed by atoms with E-state index in [9.17, 15) is 0 Å². The topological polar surface area (TPSA) is 51.5 Å². The number of nitrogens with zero attached hydrogens (tertiary/aromatic N) is 2. The molecule has 0 unspecified atom stereocenters. The molecule has 0 aliphatic heterocycles. The molecule has 5 heteroatoms. The molecule has 0 aliphatic rings. The van der Waals surface area contributed by atoms with Gasteiger partial charge in [-0.3, -0.25) is 4.99 Å². The first-order valence-electron chi connectivity index (χ1n) is 9.10. The Balaban J connectivity index is 1.39. The summed E-state index contributed by atoms with van der Waals surface area (Å²) in [5.74, 6) is 2.10. The van der Waals surface area contributed by atoms with E-state index in [-0.39, 0.29) is 0 Å². The number of rotatable bonds is 4. The second-order valence-electron chi connectivity index (χ2n) is 6.50. The standard InChI is InChI=1S/C24H15BrN2O2/c25-18-8-6-16(7-9-18)22-13-11-20(28-22)15-26-19-10-12-23-21(14-19)27-24(29-23)17-4-2-1-3-5-17/h1-15H. The highest BCUT2D eigenvalue weighted by atomic mass is 79.9. The van der Waals surface area contributed by atoms with Gasteiger partial charge in [-0.05, 0) is 54.6 Å². The van der Waals surface area contributed by atoms with Crippen molar-refractivity contribution in [2.45, 2.75) is 0 Å². The lowest BCUT2D eigenvalue weighted by molar-refractivity contribution is 0.575.